The van der Waals surface area contributed by atoms with Crippen LogP contribution in [0.1, 0.15) is 59.6 Å². The average Bonchev–Trinajstić information content (AvgIpc) is 3.34. The van der Waals surface area contributed by atoms with Gasteiger partial charge in [-0.05, 0) is 70.7 Å². The SMILES string of the molecule is C#CC.C/C=C\C1=C(C)C2=C(C=C(C(C)(C)C)C2C)C12c1ccccc1-c1ccccc12. The van der Waals surface area contributed by atoms with Gasteiger partial charge in [-0.2, -0.15) is 0 Å². The molecular weight excluding hydrogens is 384 g/mol. The summed E-state index contributed by atoms with van der Waals surface area (Å²) in [6.45, 7) is 15.6. The quantitative estimate of drug-likeness (QED) is 0.408. The maximum Gasteiger partial charge on any atom is 0.0719 e. The largest absolute Gasteiger partial charge is 0.120 e. The zero-order chi connectivity index (χ0) is 23.3. The molecule has 1 atom stereocenters. The number of hydrogen-bond donors (Lipinski definition) is 0. The predicted octanol–water partition coefficient (Wildman–Crippen LogP) is 8.42. The van der Waals surface area contributed by atoms with Crippen molar-refractivity contribution in [1.82, 2.24) is 0 Å². The molecule has 0 radical (unpaired) electrons. The first-order valence-electron chi connectivity index (χ1n) is 11.6. The highest BCUT2D eigenvalue weighted by molar-refractivity contribution is 5.90. The van der Waals surface area contributed by atoms with Crippen LogP contribution in [0.4, 0.5) is 0 Å². The topological polar surface area (TPSA) is 0 Å². The van der Waals surface area contributed by atoms with Crippen LogP contribution in [-0.4, -0.2) is 0 Å². The van der Waals surface area contributed by atoms with E-state index < -0.39 is 0 Å². The summed E-state index contributed by atoms with van der Waals surface area (Å²) in [5.74, 6) is 2.71. The molecule has 2 aromatic carbocycles. The molecule has 5 rings (SSSR count). The standard InChI is InChI=1S/C29H30.C3H4/c1-7-12-22-18(2)27-19(3)25(28(4,5)6)17-26(27)29(22)23-15-10-8-13-20(23)21-14-9-11-16-24(21)29;1-3-2/h7-17,19H,1-6H3;1H,2H3/b12-7-;. The lowest BCUT2D eigenvalue weighted by molar-refractivity contribution is 0.461. The van der Waals surface area contributed by atoms with Crippen LogP contribution >= 0.6 is 0 Å². The molecule has 3 aliphatic carbocycles. The Balaban J connectivity index is 0.000000775. The molecule has 1 spiro atoms. The smallest absolute Gasteiger partial charge is 0.0719 e. The van der Waals surface area contributed by atoms with E-state index in [1.54, 1.807) is 18.1 Å². The Bertz CT molecular complexity index is 1200. The highest BCUT2D eigenvalue weighted by Gasteiger charge is 2.54. The molecule has 0 aromatic heterocycles. The van der Waals surface area contributed by atoms with Crippen LogP contribution in [0.25, 0.3) is 11.1 Å². The van der Waals surface area contributed by atoms with Gasteiger partial charge in [-0.15, -0.1) is 12.3 Å². The first kappa shape index (κ1) is 22.2. The van der Waals surface area contributed by atoms with Crippen molar-refractivity contribution >= 4 is 0 Å². The molecule has 0 heterocycles. The van der Waals surface area contributed by atoms with Crippen molar-refractivity contribution in [2.24, 2.45) is 11.3 Å². The Hall–Kier alpha value is -3.04. The molecule has 0 heteroatoms. The number of fused-ring (bicyclic) bond motifs is 6. The lowest BCUT2D eigenvalue weighted by atomic mass is 9.68. The molecular formula is C32H34. The van der Waals surface area contributed by atoms with Crippen molar-refractivity contribution in [2.45, 2.75) is 53.9 Å². The zero-order valence-electron chi connectivity index (χ0n) is 20.5. The van der Waals surface area contributed by atoms with Gasteiger partial charge in [-0.1, -0.05) is 100 Å². The van der Waals surface area contributed by atoms with Gasteiger partial charge in [0.05, 0.1) is 5.41 Å². The molecule has 0 fully saturated rings. The lowest BCUT2D eigenvalue weighted by Crippen LogP contribution is -2.27. The maximum atomic E-state index is 4.60. The molecule has 2 aromatic rings. The third-order valence-electron chi connectivity index (χ3n) is 7.26. The van der Waals surface area contributed by atoms with Gasteiger partial charge in [0.15, 0.2) is 0 Å². The Morgan fingerprint density at radius 1 is 0.969 bits per heavy atom. The molecule has 0 amide bonds. The molecule has 0 aliphatic heterocycles. The normalized spacial score (nSPS) is 20.1. The molecule has 0 bridgehead atoms. The molecule has 3 aliphatic rings. The lowest BCUT2D eigenvalue weighted by Gasteiger charge is -2.33. The minimum Gasteiger partial charge on any atom is -0.120 e. The Morgan fingerprint density at radius 3 is 1.94 bits per heavy atom. The van der Waals surface area contributed by atoms with E-state index in [9.17, 15) is 0 Å². The number of benzene rings is 2. The number of rotatable bonds is 1. The second-order valence-corrected chi connectivity index (χ2v) is 10.1. The Labute approximate surface area is 194 Å². The molecule has 0 saturated heterocycles. The van der Waals surface area contributed by atoms with Crippen molar-refractivity contribution < 1.29 is 0 Å². The fraction of sp³-hybridized carbons (Fsp3) is 0.312. The first-order valence-corrected chi connectivity index (χ1v) is 11.6. The van der Waals surface area contributed by atoms with Crippen LogP contribution in [-0.2, 0) is 5.41 Å². The second-order valence-electron chi connectivity index (χ2n) is 10.1. The van der Waals surface area contributed by atoms with Crippen LogP contribution < -0.4 is 0 Å². The summed E-state index contributed by atoms with van der Waals surface area (Å²) in [5, 5.41) is 0. The van der Waals surface area contributed by atoms with Gasteiger partial charge in [0, 0.05) is 5.92 Å². The van der Waals surface area contributed by atoms with E-state index in [4.69, 9.17) is 0 Å². The van der Waals surface area contributed by atoms with Crippen molar-refractivity contribution in [3.05, 3.63) is 106 Å². The second kappa shape index (κ2) is 7.83. The number of allylic oxidation sites excluding steroid dienone is 8. The summed E-state index contributed by atoms with van der Waals surface area (Å²) in [4.78, 5) is 0. The van der Waals surface area contributed by atoms with Gasteiger partial charge >= 0.3 is 0 Å². The summed E-state index contributed by atoms with van der Waals surface area (Å²) in [7, 11) is 0. The fourth-order valence-corrected chi connectivity index (χ4v) is 6.25. The number of hydrogen-bond acceptors (Lipinski definition) is 0. The minimum absolute atomic E-state index is 0.170. The van der Waals surface area contributed by atoms with Crippen LogP contribution in [0, 0.1) is 23.7 Å². The highest BCUT2D eigenvalue weighted by atomic mass is 14.6. The summed E-state index contributed by atoms with van der Waals surface area (Å²) in [6.07, 6.45) is 11.7. The number of terminal acetylenes is 1. The summed E-state index contributed by atoms with van der Waals surface area (Å²) < 4.78 is 0. The van der Waals surface area contributed by atoms with E-state index in [1.807, 2.05) is 0 Å². The third kappa shape index (κ3) is 2.84. The fourth-order valence-electron chi connectivity index (χ4n) is 6.25. The predicted molar refractivity (Wildman–Crippen MR) is 138 cm³/mol. The van der Waals surface area contributed by atoms with Crippen molar-refractivity contribution in [3.8, 4) is 23.5 Å². The highest BCUT2D eigenvalue weighted by Crippen LogP contribution is 2.65. The molecule has 162 valence electrons. The zero-order valence-corrected chi connectivity index (χ0v) is 20.5. The van der Waals surface area contributed by atoms with Gasteiger partial charge < -0.3 is 0 Å². The van der Waals surface area contributed by atoms with Crippen LogP contribution in [0.5, 0.6) is 0 Å². The Kier molecular flexibility index (Phi) is 5.42. The summed E-state index contributed by atoms with van der Waals surface area (Å²) >= 11 is 0. The monoisotopic (exact) mass is 418 g/mol. The van der Waals surface area contributed by atoms with E-state index in [0.717, 1.165) is 0 Å². The van der Waals surface area contributed by atoms with Gasteiger partial charge in [-0.3, -0.25) is 0 Å². The van der Waals surface area contributed by atoms with Crippen molar-refractivity contribution in [1.29, 1.82) is 0 Å². The van der Waals surface area contributed by atoms with Crippen molar-refractivity contribution in [3.63, 3.8) is 0 Å². The van der Waals surface area contributed by atoms with Crippen LogP contribution in [0.15, 0.2) is 94.6 Å². The van der Waals surface area contributed by atoms with E-state index in [0.29, 0.717) is 5.92 Å². The Morgan fingerprint density at radius 2 is 1.47 bits per heavy atom. The van der Waals surface area contributed by atoms with Gasteiger partial charge in [0.25, 0.3) is 0 Å². The van der Waals surface area contributed by atoms with Crippen LogP contribution in [0.2, 0.25) is 0 Å². The van der Waals surface area contributed by atoms with Crippen molar-refractivity contribution in [2.75, 3.05) is 0 Å². The van der Waals surface area contributed by atoms with Crippen LogP contribution in [0.3, 0.4) is 0 Å². The van der Waals surface area contributed by atoms with E-state index in [1.165, 1.54) is 39.0 Å². The first-order chi connectivity index (χ1) is 15.2. The van der Waals surface area contributed by atoms with Gasteiger partial charge in [0.2, 0.25) is 0 Å². The molecule has 0 nitrogen and oxygen atoms in total. The molecule has 1 unspecified atom stereocenters. The summed E-state index contributed by atoms with van der Waals surface area (Å²) in [6, 6.07) is 18.1. The van der Waals surface area contributed by atoms with E-state index in [-0.39, 0.29) is 10.8 Å². The molecule has 0 N–H and O–H groups in total. The molecule has 32 heavy (non-hydrogen) atoms. The third-order valence-corrected chi connectivity index (χ3v) is 7.26. The minimum atomic E-state index is -0.180. The van der Waals surface area contributed by atoms with E-state index in [2.05, 4.69) is 121 Å². The summed E-state index contributed by atoms with van der Waals surface area (Å²) in [5.41, 5.74) is 13.2. The van der Waals surface area contributed by atoms with Gasteiger partial charge in [0.1, 0.15) is 0 Å². The van der Waals surface area contributed by atoms with Gasteiger partial charge in [-0.25, -0.2) is 0 Å². The molecule has 0 saturated carbocycles. The van der Waals surface area contributed by atoms with E-state index >= 15 is 0 Å². The maximum absolute atomic E-state index is 4.60. The average molecular weight is 419 g/mol.